The molecule has 3 heteroatoms. The molecule has 0 atom stereocenters. The smallest absolute Gasteiger partial charge is 0.240 e. The maximum Gasteiger partial charge on any atom is 0.240 e. The van der Waals surface area contributed by atoms with Crippen molar-refractivity contribution >= 4 is 12.1 Å². The summed E-state index contributed by atoms with van der Waals surface area (Å²) >= 11 is 0. The molecule has 0 saturated carbocycles. The lowest BCUT2D eigenvalue weighted by atomic mass is 10.1. The molecule has 0 bridgehead atoms. The molecule has 0 rings (SSSR count). The molecule has 0 aromatic heterocycles. The minimum atomic E-state index is -0.00245. The van der Waals surface area contributed by atoms with Crippen molar-refractivity contribution in [2.24, 2.45) is 11.0 Å². The second kappa shape index (κ2) is 6.83. The SMILES string of the molecule is CCC/C=N/NC(=O)CC(C)C. The first kappa shape index (κ1) is 11.1. The molecular weight excluding hydrogens is 152 g/mol. The van der Waals surface area contributed by atoms with E-state index in [0.29, 0.717) is 12.3 Å². The molecule has 1 N–H and O–H groups in total. The van der Waals surface area contributed by atoms with Crippen LogP contribution in [0.2, 0.25) is 0 Å². The molecule has 70 valence electrons. The fourth-order valence-electron chi connectivity index (χ4n) is 0.728. The lowest BCUT2D eigenvalue weighted by Gasteiger charge is -2.01. The Morgan fingerprint density at radius 1 is 1.58 bits per heavy atom. The average Bonchev–Trinajstić information content (AvgIpc) is 1.97. The summed E-state index contributed by atoms with van der Waals surface area (Å²) in [5.74, 6) is 0.392. The van der Waals surface area contributed by atoms with Gasteiger partial charge in [-0.3, -0.25) is 4.79 Å². The summed E-state index contributed by atoms with van der Waals surface area (Å²) in [6.07, 6.45) is 4.26. The van der Waals surface area contributed by atoms with Gasteiger partial charge in [0.2, 0.25) is 5.91 Å². The number of amides is 1. The summed E-state index contributed by atoms with van der Waals surface area (Å²) < 4.78 is 0. The van der Waals surface area contributed by atoms with E-state index in [0.717, 1.165) is 12.8 Å². The first-order valence-corrected chi connectivity index (χ1v) is 4.47. The predicted molar refractivity (Wildman–Crippen MR) is 51.0 cm³/mol. The Labute approximate surface area is 74.2 Å². The zero-order valence-corrected chi connectivity index (χ0v) is 8.13. The molecule has 0 spiro atoms. The normalized spacial score (nSPS) is 11.0. The summed E-state index contributed by atoms with van der Waals surface area (Å²) in [6, 6.07) is 0. The summed E-state index contributed by atoms with van der Waals surface area (Å²) in [5.41, 5.74) is 2.48. The Morgan fingerprint density at radius 2 is 2.25 bits per heavy atom. The van der Waals surface area contributed by atoms with Crippen LogP contribution in [0.1, 0.15) is 40.0 Å². The molecule has 0 unspecified atom stereocenters. The van der Waals surface area contributed by atoms with Gasteiger partial charge in [0.25, 0.3) is 0 Å². The lowest BCUT2D eigenvalue weighted by Crippen LogP contribution is -2.18. The Morgan fingerprint density at radius 3 is 2.75 bits per heavy atom. The summed E-state index contributed by atoms with van der Waals surface area (Å²) in [7, 11) is 0. The molecule has 0 aliphatic rings. The van der Waals surface area contributed by atoms with Crippen molar-refractivity contribution < 1.29 is 4.79 Å². The number of nitrogens with one attached hydrogen (secondary N) is 1. The van der Waals surface area contributed by atoms with Crippen LogP contribution in [0.25, 0.3) is 0 Å². The molecule has 0 fully saturated rings. The van der Waals surface area contributed by atoms with E-state index < -0.39 is 0 Å². The van der Waals surface area contributed by atoms with Crippen molar-refractivity contribution in [1.29, 1.82) is 0 Å². The number of unbranched alkanes of at least 4 members (excludes halogenated alkanes) is 1. The van der Waals surface area contributed by atoms with Crippen molar-refractivity contribution in [2.75, 3.05) is 0 Å². The van der Waals surface area contributed by atoms with E-state index in [1.54, 1.807) is 6.21 Å². The van der Waals surface area contributed by atoms with Crippen LogP contribution in [-0.4, -0.2) is 12.1 Å². The van der Waals surface area contributed by atoms with Gasteiger partial charge in [0.1, 0.15) is 0 Å². The van der Waals surface area contributed by atoms with Crippen molar-refractivity contribution in [1.82, 2.24) is 5.43 Å². The van der Waals surface area contributed by atoms with E-state index in [1.807, 2.05) is 13.8 Å². The van der Waals surface area contributed by atoms with Gasteiger partial charge >= 0.3 is 0 Å². The maximum atomic E-state index is 11.0. The Balaban J connectivity index is 3.43. The fourth-order valence-corrected chi connectivity index (χ4v) is 0.728. The van der Waals surface area contributed by atoms with Gasteiger partial charge < -0.3 is 0 Å². The van der Waals surface area contributed by atoms with E-state index in [9.17, 15) is 4.79 Å². The number of hydrogen-bond donors (Lipinski definition) is 1. The molecular formula is C9H18N2O. The molecule has 0 aromatic rings. The van der Waals surface area contributed by atoms with Gasteiger partial charge in [-0.05, 0) is 12.3 Å². The van der Waals surface area contributed by atoms with Crippen LogP contribution >= 0.6 is 0 Å². The highest BCUT2D eigenvalue weighted by molar-refractivity contribution is 5.76. The van der Waals surface area contributed by atoms with Gasteiger partial charge in [-0.2, -0.15) is 5.10 Å². The quantitative estimate of drug-likeness (QED) is 0.497. The highest BCUT2D eigenvalue weighted by Gasteiger charge is 2.01. The number of carbonyl (C=O) groups is 1. The molecule has 0 aliphatic carbocycles. The van der Waals surface area contributed by atoms with Gasteiger partial charge in [0, 0.05) is 12.6 Å². The van der Waals surface area contributed by atoms with Crippen LogP contribution in [0.3, 0.4) is 0 Å². The molecule has 3 nitrogen and oxygen atoms in total. The summed E-state index contributed by atoms with van der Waals surface area (Å²) in [6.45, 7) is 6.09. The zero-order chi connectivity index (χ0) is 9.40. The molecule has 0 radical (unpaired) electrons. The maximum absolute atomic E-state index is 11.0. The van der Waals surface area contributed by atoms with Crippen molar-refractivity contribution in [2.45, 2.75) is 40.0 Å². The van der Waals surface area contributed by atoms with Crippen LogP contribution in [-0.2, 0) is 4.79 Å². The molecule has 0 aromatic carbocycles. The average molecular weight is 170 g/mol. The standard InChI is InChI=1S/C9H18N2O/c1-4-5-6-10-11-9(12)7-8(2)3/h6,8H,4-5,7H2,1-3H3,(H,11,12)/b10-6+. The second-order valence-electron chi connectivity index (χ2n) is 3.23. The number of hydrazone groups is 1. The minimum absolute atomic E-state index is 0.00245. The number of hydrogen-bond acceptors (Lipinski definition) is 2. The lowest BCUT2D eigenvalue weighted by molar-refractivity contribution is -0.121. The topological polar surface area (TPSA) is 41.5 Å². The number of nitrogens with zero attached hydrogens (tertiary/aromatic N) is 1. The van der Waals surface area contributed by atoms with Gasteiger partial charge in [-0.1, -0.05) is 27.2 Å². The number of carbonyl (C=O) groups excluding carboxylic acids is 1. The third kappa shape index (κ3) is 7.25. The Bertz CT molecular complexity index is 153. The van der Waals surface area contributed by atoms with Crippen LogP contribution in [0.15, 0.2) is 5.10 Å². The van der Waals surface area contributed by atoms with Crippen LogP contribution in [0.4, 0.5) is 0 Å². The first-order chi connectivity index (χ1) is 5.66. The molecule has 0 saturated heterocycles. The Hall–Kier alpha value is -0.860. The van der Waals surface area contributed by atoms with E-state index in [4.69, 9.17) is 0 Å². The monoisotopic (exact) mass is 170 g/mol. The summed E-state index contributed by atoms with van der Waals surface area (Å²) in [4.78, 5) is 11.0. The van der Waals surface area contributed by atoms with Gasteiger partial charge in [-0.15, -0.1) is 0 Å². The van der Waals surface area contributed by atoms with Gasteiger partial charge in [-0.25, -0.2) is 5.43 Å². The van der Waals surface area contributed by atoms with Crippen LogP contribution < -0.4 is 5.43 Å². The number of rotatable bonds is 5. The van der Waals surface area contributed by atoms with E-state index in [1.165, 1.54) is 0 Å². The predicted octanol–water partition coefficient (Wildman–Crippen LogP) is 1.93. The highest BCUT2D eigenvalue weighted by atomic mass is 16.2. The van der Waals surface area contributed by atoms with E-state index >= 15 is 0 Å². The van der Waals surface area contributed by atoms with Crippen molar-refractivity contribution in [3.8, 4) is 0 Å². The molecule has 0 heterocycles. The van der Waals surface area contributed by atoms with E-state index in [-0.39, 0.29) is 5.91 Å². The fraction of sp³-hybridized carbons (Fsp3) is 0.778. The molecule has 12 heavy (non-hydrogen) atoms. The highest BCUT2D eigenvalue weighted by Crippen LogP contribution is 1.97. The third-order valence-corrected chi connectivity index (χ3v) is 1.29. The Kier molecular flexibility index (Phi) is 6.34. The third-order valence-electron chi connectivity index (χ3n) is 1.29. The molecule has 0 aliphatic heterocycles. The van der Waals surface area contributed by atoms with Crippen LogP contribution in [0, 0.1) is 5.92 Å². The minimum Gasteiger partial charge on any atom is -0.273 e. The van der Waals surface area contributed by atoms with Crippen molar-refractivity contribution in [3.63, 3.8) is 0 Å². The second-order valence-corrected chi connectivity index (χ2v) is 3.23. The van der Waals surface area contributed by atoms with Crippen LogP contribution in [0.5, 0.6) is 0 Å². The summed E-state index contributed by atoms with van der Waals surface area (Å²) in [5, 5.41) is 3.79. The van der Waals surface area contributed by atoms with Crippen molar-refractivity contribution in [3.05, 3.63) is 0 Å². The zero-order valence-electron chi connectivity index (χ0n) is 8.13. The van der Waals surface area contributed by atoms with Gasteiger partial charge in [0.15, 0.2) is 0 Å². The van der Waals surface area contributed by atoms with Gasteiger partial charge in [0.05, 0.1) is 0 Å². The molecule has 1 amide bonds. The largest absolute Gasteiger partial charge is 0.273 e. The van der Waals surface area contributed by atoms with E-state index in [2.05, 4.69) is 17.5 Å². The first-order valence-electron chi connectivity index (χ1n) is 4.47.